The van der Waals surface area contributed by atoms with Crippen LogP contribution in [0.25, 0.3) is 0 Å². The minimum absolute atomic E-state index is 0.00558. The van der Waals surface area contributed by atoms with Crippen LogP contribution in [0.4, 0.5) is 0 Å². The molecular weight excluding hydrogens is 386 g/mol. The summed E-state index contributed by atoms with van der Waals surface area (Å²) in [6, 6.07) is 7.54. The van der Waals surface area contributed by atoms with E-state index in [1.165, 1.54) is 64.2 Å². The SMILES string of the molecule is C[C@@H]([c-]1cccc1P(C1CCCCC1)C1CCCCC1)P(C(C)(C)C)C(C)(C)C. The van der Waals surface area contributed by atoms with E-state index < -0.39 is 0 Å². The summed E-state index contributed by atoms with van der Waals surface area (Å²) in [5, 5.41) is 2.62. The molecule has 1 aromatic carbocycles. The van der Waals surface area contributed by atoms with E-state index in [0.29, 0.717) is 16.0 Å². The van der Waals surface area contributed by atoms with Crippen molar-refractivity contribution < 1.29 is 0 Å². The zero-order valence-electron chi connectivity index (χ0n) is 20.4. The van der Waals surface area contributed by atoms with Crippen LogP contribution >= 0.6 is 15.8 Å². The smallest absolute Gasteiger partial charge is 0.0178 e. The molecule has 29 heavy (non-hydrogen) atoms. The van der Waals surface area contributed by atoms with Crippen molar-refractivity contribution in [3.8, 4) is 0 Å². The molecule has 1 atom stereocenters. The first-order valence-corrected chi connectivity index (χ1v) is 15.3. The summed E-state index contributed by atoms with van der Waals surface area (Å²) in [7, 11) is -0.114. The molecule has 0 N–H and O–H groups in total. The van der Waals surface area contributed by atoms with Gasteiger partial charge in [-0.25, -0.2) is 12.1 Å². The number of hydrogen-bond acceptors (Lipinski definition) is 0. The van der Waals surface area contributed by atoms with Gasteiger partial charge in [-0.2, -0.15) is 6.07 Å². The van der Waals surface area contributed by atoms with Gasteiger partial charge in [-0.05, 0) is 53.0 Å². The first-order valence-electron chi connectivity index (χ1n) is 12.4. The second kappa shape index (κ2) is 9.78. The third-order valence-electron chi connectivity index (χ3n) is 7.32. The van der Waals surface area contributed by atoms with Crippen LogP contribution in [0.5, 0.6) is 0 Å². The Balaban J connectivity index is 1.97. The first-order chi connectivity index (χ1) is 13.6. The second-order valence-electron chi connectivity index (χ2n) is 11.7. The molecule has 0 bridgehead atoms. The maximum absolute atomic E-state index is 2.58. The lowest BCUT2D eigenvalue weighted by Gasteiger charge is -2.49. The summed E-state index contributed by atoms with van der Waals surface area (Å²) in [5.41, 5.74) is 4.46. The first kappa shape index (κ1) is 23.9. The molecule has 2 fully saturated rings. The fraction of sp³-hybridized carbons (Fsp3) is 0.815. The molecule has 0 amide bonds. The molecule has 2 aliphatic rings. The van der Waals surface area contributed by atoms with E-state index in [9.17, 15) is 0 Å². The van der Waals surface area contributed by atoms with Crippen LogP contribution < -0.4 is 5.30 Å². The molecule has 0 aliphatic heterocycles. The van der Waals surface area contributed by atoms with Gasteiger partial charge in [-0.1, -0.05) is 94.9 Å². The van der Waals surface area contributed by atoms with E-state index in [1.54, 1.807) is 5.56 Å². The predicted octanol–water partition coefficient (Wildman–Crippen LogP) is 9.32. The molecule has 166 valence electrons. The minimum Gasteiger partial charge on any atom is -0.213 e. The van der Waals surface area contributed by atoms with Gasteiger partial charge in [-0.3, -0.25) is 0 Å². The highest BCUT2D eigenvalue weighted by molar-refractivity contribution is 7.67. The summed E-state index contributed by atoms with van der Waals surface area (Å²) < 4.78 is 0. The van der Waals surface area contributed by atoms with Gasteiger partial charge in [0.2, 0.25) is 0 Å². The van der Waals surface area contributed by atoms with E-state index in [4.69, 9.17) is 0 Å². The topological polar surface area (TPSA) is 0 Å². The molecule has 0 heterocycles. The molecule has 0 nitrogen and oxygen atoms in total. The van der Waals surface area contributed by atoms with E-state index in [0.717, 1.165) is 11.3 Å². The molecule has 0 radical (unpaired) electrons. The van der Waals surface area contributed by atoms with Gasteiger partial charge in [0.25, 0.3) is 0 Å². The van der Waals surface area contributed by atoms with Gasteiger partial charge in [0.15, 0.2) is 0 Å². The summed E-state index contributed by atoms with van der Waals surface area (Å²) in [6.07, 6.45) is 14.9. The molecule has 2 aliphatic carbocycles. The average molecular weight is 434 g/mol. The van der Waals surface area contributed by atoms with Crippen molar-refractivity contribution >= 4 is 21.1 Å². The standard InChI is InChI=1S/C27H47P2/c1-21(29(26(2,3)4)27(5,6)7)24-19-14-20-25(24)28(22-15-10-8-11-16-22)23-17-12-9-13-18-23/h14,19-23H,8-13,15-18H2,1-7H3/q-1/t21-/m0/s1. The molecule has 0 saturated heterocycles. The van der Waals surface area contributed by atoms with Gasteiger partial charge >= 0.3 is 0 Å². The van der Waals surface area contributed by atoms with Crippen LogP contribution in [-0.2, 0) is 0 Å². The van der Waals surface area contributed by atoms with Crippen LogP contribution in [0, 0.1) is 0 Å². The highest BCUT2D eigenvalue weighted by Gasteiger charge is 2.39. The summed E-state index contributed by atoms with van der Waals surface area (Å²) in [5.74, 6) is 0. The largest absolute Gasteiger partial charge is 0.213 e. The number of hydrogen-bond donors (Lipinski definition) is 0. The van der Waals surface area contributed by atoms with E-state index in [2.05, 4.69) is 66.7 Å². The van der Waals surface area contributed by atoms with Gasteiger partial charge in [0.1, 0.15) is 0 Å². The maximum Gasteiger partial charge on any atom is -0.0178 e. The Kier molecular flexibility index (Phi) is 8.05. The second-order valence-corrected chi connectivity index (χ2v) is 18.7. The van der Waals surface area contributed by atoms with Crippen LogP contribution in [0.3, 0.4) is 0 Å². The van der Waals surface area contributed by atoms with Crippen LogP contribution in [0.1, 0.15) is 124 Å². The van der Waals surface area contributed by atoms with Crippen molar-refractivity contribution in [2.75, 3.05) is 0 Å². The Hall–Kier alpha value is 0.210. The Bertz CT molecular complexity index is 586. The normalized spacial score (nSPS) is 21.8. The predicted molar refractivity (Wildman–Crippen MR) is 137 cm³/mol. The van der Waals surface area contributed by atoms with Crippen molar-refractivity contribution in [3.05, 3.63) is 23.8 Å². The highest BCUT2D eigenvalue weighted by atomic mass is 31.1. The lowest BCUT2D eigenvalue weighted by atomic mass is 9.99. The maximum atomic E-state index is 2.58. The fourth-order valence-corrected chi connectivity index (χ4v) is 15.7. The van der Waals surface area contributed by atoms with Gasteiger partial charge in [0, 0.05) is 0 Å². The fourth-order valence-electron chi connectivity index (χ4n) is 6.73. The molecule has 3 rings (SSSR count). The summed E-state index contributed by atoms with van der Waals surface area (Å²) in [6.45, 7) is 17.5. The third-order valence-corrected chi connectivity index (χ3v) is 14.8. The van der Waals surface area contributed by atoms with Crippen molar-refractivity contribution in [3.63, 3.8) is 0 Å². The highest BCUT2D eigenvalue weighted by Crippen LogP contribution is 2.68. The van der Waals surface area contributed by atoms with Crippen LogP contribution in [-0.4, -0.2) is 21.6 Å². The lowest BCUT2D eigenvalue weighted by Crippen LogP contribution is -2.30. The number of rotatable bonds is 5. The zero-order valence-corrected chi connectivity index (χ0v) is 22.2. The summed E-state index contributed by atoms with van der Waals surface area (Å²) in [4.78, 5) is 0. The van der Waals surface area contributed by atoms with Crippen molar-refractivity contribution in [1.82, 2.24) is 0 Å². The van der Waals surface area contributed by atoms with E-state index in [-0.39, 0.29) is 15.8 Å². The van der Waals surface area contributed by atoms with Crippen molar-refractivity contribution in [1.29, 1.82) is 0 Å². The third kappa shape index (κ3) is 5.72. The van der Waals surface area contributed by atoms with Gasteiger partial charge in [-0.15, -0.1) is 18.8 Å². The molecule has 2 heteroatoms. The van der Waals surface area contributed by atoms with Crippen molar-refractivity contribution in [2.24, 2.45) is 0 Å². The molecule has 2 saturated carbocycles. The Labute approximate surface area is 184 Å². The quantitative estimate of drug-likeness (QED) is 0.320. The van der Waals surface area contributed by atoms with E-state index in [1.807, 2.05) is 5.30 Å². The molecule has 0 aromatic heterocycles. The summed E-state index contributed by atoms with van der Waals surface area (Å²) >= 11 is 0. The van der Waals surface area contributed by atoms with Crippen molar-refractivity contribution in [2.45, 2.75) is 140 Å². The van der Waals surface area contributed by atoms with E-state index >= 15 is 0 Å². The molecule has 1 aromatic rings. The minimum atomic E-state index is -0.120. The lowest BCUT2D eigenvalue weighted by molar-refractivity contribution is 0.487. The monoisotopic (exact) mass is 433 g/mol. The van der Waals surface area contributed by atoms with Crippen LogP contribution in [0.2, 0.25) is 0 Å². The zero-order chi connectivity index (χ0) is 21.2. The Morgan fingerprint density at radius 1 is 0.793 bits per heavy atom. The van der Waals surface area contributed by atoms with Crippen LogP contribution in [0.15, 0.2) is 18.2 Å². The molecule has 0 unspecified atom stereocenters. The molecule has 0 spiro atoms. The Morgan fingerprint density at radius 2 is 1.24 bits per heavy atom. The average Bonchev–Trinajstić information content (AvgIpc) is 3.11. The van der Waals surface area contributed by atoms with Gasteiger partial charge < -0.3 is 0 Å². The Morgan fingerprint density at radius 3 is 1.66 bits per heavy atom. The van der Waals surface area contributed by atoms with Gasteiger partial charge in [0.05, 0.1) is 0 Å². The molecular formula is C27H47P2-.